The van der Waals surface area contributed by atoms with Crippen molar-refractivity contribution in [2.24, 2.45) is 0 Å². The van der Waals surface area contributed by atoms with Gasteiger partial charge in [0.1, 0.15) is 11.5 Å². The van der Waals surface area contributed by atoms with Crippen molar-refractivity contribution in [2.75, 3.05) is 12.4 Å². The summed E-state index contributed by atoms with van der Waals surface area (Å²) in [7, 11) is 1.26. The van der Waals surface area contributed by atoms with Gasteiger partial charge in [0.05, 0.1) is 29.3 Å². The number of aromatic nitrogens is 3. The Kier molecular flexibility index (Phi) is 6.08. The summed E-state index contributed by atoms with van der Waals surface area (Å²) < 4.78 is 46.4. The summed E-state index contributed by atoms with van der Waals surface area (Å²) in [4.78, 5) is 30.0. The molecule has 0 aliphatic rings. The van der Waals surface area contributed by atoms with Crippen LogP contribution >= 0.6 is 11.3 Å². The van der Waals surface area contributed by atoms with Crippen LogP contribution in [0.4, 0.5) is 18.2 Å². The number of rotatable bonds is 5. The molecule has 7 nitrogen and oxygen atoms in total. The summed E-state index contributed by atoms with van der Waals surface area (Å²) in [5.41, 5.74) is 0.489. The van der Waals surface area contributed by atoms with Gasteiger partial charge in [-0.15, -0.1) is 11.3 Å². The van der Waals surface area contributed by atoms with Gasteiger partial charge in [-0.1, -0.05) is 6.92 Å². The van der Waals surface area contributed by atoms with Crippen LogP contribution in [-0.4, -0.2) is 33.8 Å². The van der Waals surface area contributed by atoms with Crippen molar-refractivity contribution in [3.05, 3.63) is 39.0 Å². The molecule has 3 heterocycles. The fourth-order valence-electron chi connectivity index (χ4n) is 3.53. The molecule has 166 valence electrons. The van der Waals surface area contributed by atoms with Crippen molar-refractivity contribution >= 4 is 39.2 Å². The Morgan fingerprint density at radius 3 is 2.52 bits per heavy atom. The topological polar surface area (TPSA) is 86.1 Å². The van der Waals surface area contributed by atoms with E-state index in [2.05, 4.69) is 15.4 Å². The SMILES string of the molecule is CCc1c(C)sc(NC(=O)Cn2nc(C)c3c(C(F)(F)F)cc(C)nc32)c1C(=O)OC. The van der Waals surface area contributed by atoms with Crippen molar-refractivity contribution < 1.29 is 27.5 Å². The van der Waals surface area contributed by atoms with Gasteiger partial charge in [-0.2, -0.15) is 18.3 Å². The van der Waals surface area contributed by atoms with E-state index in [1.54, 1.807) is 0 Å². The maximum atomic E-state index is 13.5. The number of pyridine rings is 1. The van der Waals surface area contributed by atoms with Gasteiger partial charge < -0.3 is 10.1 Å². The Labute approximate surface area is 180 Å². The molecule has 0 saturated heterocycles. The Morgan fingerprint density at radius 2 is 1.94 bits per heavy atom. The van der Waals surface area contributed by atoms with Crippen LogP contribution in [0.3, 0.4) is 0 Å². The van der Waals surface area contributed by atoms with Crippen LogP contribution < -0.4 is 5.32 Å². The molecule has 0 aliphatic carbocycles. The van der Waals surface area contributed by atoms with Crippen LogP contribution in [0.2, 0.25) is 0 Å². The van der Waals surface area contributed by atoms with Crippen molar-refractivity contribution in [1.29, 1.82) is 0 Å². The number of carbonyl (C=O) groups is 2. The summed E-state index contributed by atoms with van der Waals surface area (Å²) in [5.74, 6) is -1.11. The first kappa shape index (κ1) is 22.7. The van der Waals surface area contributed by atoms with Crippen LogP contribution in [0.5, 0.6) is 0 Å². The molecule has 0 radical (unpaired) electrons. The number of amides is 1. The highest BCUT2D eigenvalue weighted by atomic mass is 32.1. The molecule has 0 saturated carbocycles. The number of hydrogen-bond acceptors (Lipinski definition) is 6. The van der Waals surface area contributed by atoms with Gasteiger partial charge in [0.25, 0.3) is 0 Å². The molecule has 3 aromatic rings. The molecule has 0 aromatic carbocycles. The number of hydrogen-bond donors (Lipinski definition) is 1. The van der Waals surface area contributed by atoms with Gasteiger partial charge in [0.2, 0.25) is 5.91 Å². The van der Waals surface area contributed by atoms with Gasteiger partial charge in [0, 0.05) is 10.6 Å². The first-order valence-corrected chi connectivity index (χ1v) is 10.2. The van der Waals surface area contributed by atoms with Crippen molar-refractivity contribution in [3.63, 3.8) is 0 Å². The van der Waals surface area contributed by atoms with Crippen molar-refractivity contribution in [2.45, 2.75) is 46.8 Å². The van der Waals surface area contributed by atoms with Gasteiger partial charge in [0.15, 0.2) is 5.65 Å². The lowest BCUT2D eigenvalue weighted by molar-refractivity contribution is -0.136. The molecule has 0 spiro atoms. The molecule has 0 unspecified atom stereocenters. The minimum absolute atomic E-state index is 0.0234. The average molecular weight is 454 g/mol. The van der Waals surface area contributed by atoms with E-state index in [9.17, 15) is 22.8 Å². The maximum Gasteiger partial charge on any atom is 0.417 e. The summed E-state index contributed by atoms with van der Waals surface area (Å²) in [6.07, 6.45) is -4.00. The van der Waals surface area contributed by atoms with E-state index in [1.807, 2.05) is 13.8 Å². The van der Waals surface area contributed by atoms with Crippen LogP contribution in [0.25, 0.3) is 11.0 Å². The quantitative estimate of drug-likeness (QED) is 0.577. The van der Waals surface area contributed by atoms with E-state index in [4.69, 9.17) is 4.74 Å². The molecule has 3 aromatic heterocycles. The van der Waals surface area contributed by atoms with Gasteiger partial charge >= 0.3 is 12.1 Å². The minimum atomic E-state index is -4.58. The zero-order valence-corrected chi connectivity index (χ0v) is 18.4. The summed E-state index contributed by atoms with van der Waals surface area (Å²) in [6.45, 7) is 6.25. The highest BCUT2D eigenvalue weighted by molar-refractivity contribution is 7.16. The molecular formula is C20H21F3N4O3S. The molecular weight excluding hydrogens is 433 g/mol. The number of methoxy groups -OCH3 is 1. The summed E-state index contributed by atoms with van der Waals surface area (Å²) in [5, 5.41) is 6.97. The Hall–Kier alpha value is -2.95. The normalized spacial score (nSPS) is 11.7. The second-order valence-electron chi connectivity index (χ2n) is 6.98. The predicted molar refractivity (Wildman–Crippen MR) is 110 cm³/mol. The number of nitrogens with one attached hydrogen (secondary N) is 1. The molecule has 0 fully saturated rings. The standard InChI is InChI=1S/C20H21F3N4O3S/c1-6-12-11(4)31-18(16(12)19(29)30-5)25-14(28)8-27-17-15(10(3)26-27)13(20(21,22)23)7-9(2)24-17/h7H,6,8H2,1-5H3,(H,25,28). The number of halogens is 3. The third-order valence-corrected chi connectivity index (χ3v) is 5.87. The first-order chi connectivity index (χ1) is 14.5. The summed E-state index contributed by atoms with van der Waals surface area (Å²) >= 11 is 1.24. The number of alkyl halides is 3. The van der Waals surface area contributed by atoms with Crippen molar-refractivity contribution in [3.8, 4) is 0 Å². The average Bonchev–Trinajstić information content (AvgIpc) is 3.15. The first-order valence-electron chi connectivity index (χ1n) is 9.40. The Morgan fingerprint density at radius 1 is 1.26 bits per heavy atom. The fraction of sp³-hybridized carbons (Fsp3) is 0.400. The zero-order valence-electron chi connectivity index (χ0n) is 17.6. The summed E-state index contributed by atoms with van der Waals surface area (Å²) in [6, 6.07) is 0.963. The minimum Gasteiger partial charge on any atom is -0.465 e. The Balaban J connectivity index is 1.97. The monoisotopic (exact) mass is 454 g/mol. The third-order valence-electron chi connectivity index (χ3n) is 4.81. The number of aryl methyl sites for hydroxylation is 3. The zero-order chi connectivity index (χ0) is 23.1. The molecule has 3 rings (SSSR count). The van der Waals surface area contributed by atoms with E-state index in [0.29, 0.717) is 11.4 Å². The van der Waals surface area contributed by atoms with E-state index >= 15 is 0 Å². The highest BCUT2D eigenvalue weighted by Crippen LogP contribution is 2.36. The number of ether oxygens (including phenoxy) is 1. The second-order valence-corrected chi connectivity index (χ2v) is 8.21. The molecule has 11 heteroatoms. The Bertz CT molecular complexity index is 1180. The lowest BCUT2D eigenvalue weighted by Crippen LogP contribution is -2.21. The maximum absolute atomic E-state index is 13.5. The van der Waals surface area contributed by atoms with Gasteiger partial charge in [-0.05, 0) is 38.8 Å². The number of esters is 1. The fourth-order valence-corrected chi connectivity index (χ4v) is 4.67. The molecule has 0 atom stereocenters. The number of fused-ring (bicyclic) bond motifs is 1. The highest BCUT2D eigenvalue weighted by Gasteiger charge is 2.35. The number of carbonyl (C=O) groups excluding carboxylic acids is 2. The van der Waals surface area contributed by atoms with Gasteiger partial charge in [-0.25, -0.2) is 14.5 Å². The molecule has 0 aliphatic heterocycles. The lowest BCUT2D eigenvalue weighted by Gasteiger charge is -2.10. The van der Waals surface area contributed by atoms with E-state index in [-0.39, 0.29) is 34.5 Å². The second kappa shape index (κ2) is 8.29. The van der Waals surface area contributed by atoms with Gasteiger partial charge in [-0.3, -0.25) is 4.79 Å². The smallest absolute Gasteiger partial charge is 0.417 e. The van der Waals surface area contributed by atoms with Crippen LogP contribution in [0.1, 0.15) is 44.7 Å². The van der Waals surface area contributed by atoms with E-state index in [0.717, 1.165) is 21.2 Å². The largest absolute Gasteiger partial charge is 0.465 e. The molecule has 31 heavy (non-hydrogen) atoms. The number of nitrogens with zero attached hydrogens (tertiary/aromatic N) is 3. The van der Waals surface area contributed by atoms with Crippen LogP contribution in [0, 0.1) is 20.8 Å². The molecule has 0 bridgehead atoms. The van der Waals surface area contributed by atoms with E-state index < -0.39 is 23.6 Å². The molecule has 1 amide bonds. The van der Waals surface area contributed by atoms with Crippen molar-refractivity contribution in [1.82, 2.24) is 14.8 Å². The number of anilines is 1. The predicted octanol–water partition coefficient (Wildman–Crippen LogP) is 4.42. The van der Waals surface area contributed by atoms with Crippen LogP contribution in [0.15, 0.2) is 6.07 Å². The third kappa shape index (κ3) is 4.27. The number of thiophene rings is 1. The van der Waals surface area contributed by atoms with E-state index in [1.165, 1.54) is 32.3 Å². The molecule has 1 N–H and O–H groups in total. The lowest BCUT2D eigenvalue weighted by atomic mass is 10.1. The van der Waals surface area contributed by atoms with Crippen LogP contribution in [-0.2, 0) is 28.7 Å².